The summed E-state index contributed by atoms with van der Waals surface area (Å²) in [6, 6.07) is 0. The van der Waals surface area contributed by atoms with Crippen LogP contribution in [0.15, 0.2) is 0 Å². The number of amides is 2. The maximum absolute atomic E-state index is 13.2. The van der Waals surface area contributed by atoms with Crippen molar-refractivity contribution < 1.29 is 23.1 Å². The molecule has 3 saturated heterocycles. The molecule has 0 aromatic heterocycles. The first-order valence-electron chi connectivity index (χ1n) is 9.20. The number of hydrogen-bond acceptors (Lipinski definition) is 4. The Labute approximate surface area is 146 Å². The molecule has 0 radical (unpaired) electrons. The van der Waals surface area contributed by atoms with E-state index in [1.54, 1.807) is 4.90 Å². The summed E-state index contributed by atoms with van der Waals surface area (Å²) in [6.07, 6.45) is 2.33. The summed E-state index contributed by atoms with van der Waals surface area (Å²) in [6.45, 7) is 3.05. The Morgan fingerprint density at radius 3 is 2.60 bits per heavy atom. The third kappa shape index (κ3) is 5.10. The van der Waals surface area contributed by atoms with Gasteiger partial charge in [-0.25, -0.2) is 8.78 Å². The van der Waals surface area contributed by atoms with Gasteiger partial charge in [0.2, 0.25) is 11.8 Å². The Morgan fingerprint density at radius 1 is 1.16 bits per heavy atom. The van der Waals surface area contributed by atoms with Gasteiger partial charge in [-0.2, -0.15) is 0 Å². The van der Waals surface area contributed by atoms with Gasteiger partial charge in [0.15, 0.2) is 0 Å². The molecule has 8 heteroatoms. The topological polar surface area (TPSA) is 61.9 Å². The number of alkyl halides is 2. The van der Waals surface area contributed by atoms with Crippen LogP contribution in [0.2, 0.25) is 0 Å². The van der Waals surface area contributed by atoms with Crippen LogP contribution in [0.5, 0.6) is 0 Å². The van der Waals surface area contributed by atoms with E-state index in [1.807, 2.05) is 4.90 Å². The molecule has 2 amide bonds. The highest BCUT2D eigenvalue weighted by molar-refractivity contribution is 5.80. The molecule has 3 fully saturated rings. The number of likely N-dealkylation sites (tertiary alicyclic amines) is 2. The van der Waals surface area contributed by atoms with Gasteiger partial charge in [-0.05, 0) is 25.8 Å². The van der Waals surface area contributed by atoms with Gasteiger partial charge >= 0.3 is 0 Å². The average molecular weight is 359 g/mol. The summed E-state index contributed by atoms with van der Waals surface area (Å²) in [5.41, 5.74) is 0. The Balaban J connectivity index is 1.37. The summed E-state index contributed by atoms with van der Waals surface area (Å²) < 4.78 is 31.9. The van der Waals surface area contributed by atoms with Crippen molar-refractivity contribution in [3.63, 3.8) is 0 Å². The fourth-order valence-electron chi connectivity index (χ4n) is 3.78. The summed E-state index contributed by atoms with van der Waals surface area (Å²) in [4.78, 5) is 28.0. The van der Waals surface area contributed by atoms with Gasteiger partial charge in [0.05, 0.1) is 18.6 Å². The van der Waals surface area contributed by atoms with Crippen molar-refractivity contribution in [3.05, 3.63) is 0 Å². The standard InChI is InChI=1S/C17H27F2N3O3/c18-17(19)4-7-22(8-5-17)16(24)13-3-6-21(11-13)12-15(23)20-10-14-2-1-9-25-14/h13-14H,1-12H2,(H,20,23). The second kappa shape index (κ2) is 7.95. The zero-order valence-corrected chi connectivity index (χ0v) is 14.5. The summed E-state index contributed by atoms with van der Waals surface area (Å²) >= 11 is 0. The van der Waals surface area contributed by atoms with Gasteiger partial charge < -0.3 is 15.0 Å². The smallest absolute Gasteiger partial charge is 0.251 e. The second-order valence-electron chi connectivity index (χ2n) is 7.34. The molecule has 0 aromatic carbocycles. The predicted molar refractivity (Wildman–Crippen MR) is 87.3 cm³/mol. The van der Waals surface area contributed by atoms with Gasteiger partial charge in [-0.1, -0.05) is 0 Å². The van der Waals surface area contributed by atoms with Crippen molar-refractivity contribution in [2.24, 2.45) is 5.92 Å². The summed E-state index contributed by atoms with van der Waals surface area (Å²) in [7, 11) is 0. The third-order valence-corrected chi connectivity index (χ3v) is 5.35. The molecule has 0 aliphatic carbocycles. The summed E-state index contributed by atoms with van der Waals surface area (Å²) in [5.74, 6) is -2.92. The molecule has 0 saturated carbocycles. The van der Waals surface area contributed by atoms with Crippen molar-refractivity contribution in [2.45, 2.75) is 44.1 Å². The molecular weight excluding hydrogens is 332 g/mol. The Hall–Kier alpha value is -1.28. The van der Waals surface area contributed by atoms with Crippen LogP contribution in [0.3, 0.4) is 0 Å². The number of carbonyl (C=O) groups is 2. The lowest BCUT2D eigenvalue weighted by atomic mass is 10.0. The second-order valence-corrected chi connectivity index (χ2v) is 7.34. The van der Waals surface area contributed by atoms with E-state index in [0.717, 1.165) is 19.4 Å². The first-order valence-corrected chi connectivity index (χ1v) is 9.20. The number of hydrogen-bond donors (Lipinski definition) is 1. The van der Waals surface area contributed by atoms with Crippen LogP contribution in [0.4, 0.5) is 8.78 Å². The van der Waals surface area contributed by atoms with Crippen LogP contribution in [0, 0.1) is 5.92 Å². The number of nitrogens with one attached hydrogen (secondary N) is 1. The maximum atomic E-state index is 13.2. The predicted octanol–water partition coefficient (Wildman–Crippen LogP) is 0.861. The van der Waals surface area contributed by atoms with E-state index in [9.17, 15) is 18.4 Å². The molecule has 3 heterocycles. The number of ether oxygens (including phenoxy) is 1. The molecule has 2 unspecified atom stereocenters. The van der Waals surface area contributed by atoms with Gasteiger partial charge in [0.25, 0.3) is 5.92 Å². The highest BCUT2D eigenvalue weighted by Gasteiger charge is 2.38. The van der Waals surface area contributed by atoms with Crippen LogP contribution < -0.4 is 5.32 Å². The molecule has 3 rings (SSSR count). The molecule has 25 heavy (non-hydrogen) atoms. The van der Waals surface area contributed by atoms with Crippen LogP contribution in [0.25, 0.3) is 0 Å². The lowest BCUT2D eigenvalue weighted by molar-refractivity contribution is -0.141. The van der Waals surface area contributed by atoms with E-state index < -0.39 is 5.92 Å². The molecule has 0 bridgehead atoms. The van der Waals surface area contributed by atoms with E-state index in [4.69, 9.17) is 4.74 Å². The highest BCUT2D eigenvalue weighted by Crippen LogP contribution is 2.29. The quantitative estimate of drug-likeness (QED) is 0.791. The van der Waals surface area contributed by atoms with E-state index in [1.165, 1.54) is 0 Å². The number of rotatable bonds is 5. The fourth-order valence-corrected chi connectivity index (χ4v) is 3.78. The minimum Gasteiger partial charge on any atom is -0.376 e. The number of nitrogens with zero attached hydrogens (tertiary/aromatic N) is 2. The van der Waals surface area contributed by atoms with Gasteiger partial charge in [-0.3, -0.25) is 14.5 Å². The van der Waals surface area contributed by atoms with Crippen LogP contribution in [-0.2, 0) is 14.3 Å². The number of piperidine rings is 1. The largest absolute Gasteiger partial charge is 0.376 e. The van der Waals surface area contributed by atoms with Crippen molar-refractivity contribution in [2.75, 3.05) is 45.9 Å². The Kier molecular flexibility index (Phi) is 5.89. The first kappa shape index (κ1) is 18.5. The minimum atomic E-state index is -2.64. The monoisotopic (exact) mass is 359 g/mol. The van der Waals surface area contributed by atoms with Crippen LogP contribution >= 0.6 is 0 Å². The van der Waals surface area contributed by atoms with Crippen molar-refractivity contribution in [1.82, 2.24) is 15.1 Å². The normalized spacial score (nSPS) is 29.8. The van der Waals surface area contributed by atoms with Gasteiger partial charge in [0, 0.05) is 45.6 Å². The van der Waals surface area contributed by atoms with E-state index in [2.05, 4.69) is 5.32 Å². The SMILES string of the molecule is O=C(CN1CCC(C(=O)N2CCC(F)(F)CC2)C1)NCC1CCCO1. The van der Waals surface area contributed by atoms with Crippen LogP contribution in [0.1, 0.15) is 32.1 Å². The van der Waals surface area contributed by atoms with Crippen molar-refractivity contribution in [1.29, 1.82) is 0 Å². The molecule has 1 N–H and O–H groups in total. The van der Waals surface area contributed by atoms with Gasteiger partial charge in [-0.15, -0.1) is 0 Å². The Bertz CT molecular complexity index is 488. The molecular formula is C17H27F2N3O3. The first-order chi connectivity index (χ1) is 11.9. The van der Waals surface area contributed by atoms with Crippen molar-refractivity contribution in [3.8, 4) is 0 Å². The molecule has 142 valence electrons. The minimum absolute atomic E-state index is 0.0437. The van der Waals surface area contributed by atoms with E-state index >= 15 is 0 Å². The molecule has 2 atom stereocenters. The van der Waals surface area contributed by atoms with Crippen LogP contribution in [-0.4, -0.2) is 79.5 Å². The third-order valence-electron chi connectivity index (χ3n) is 5.35. The van der Waals surface area contributed by atoms with Crippen molar-refractivity contribution >= 4 is 11.8 Å². The molecule has 6 nitrogen and oxygen atoms in total. The zero-order chi connectivity index (χ0) is 17.9. The summed E-state index contributed by atoms with van der Waals surface area (Å²) in [5, 5.41) is 2.88. The molecule has 3 aliphatic heterocycles. The average Bonchev–Trinajstić information content (AvgIpc) is 3.24. The van der Waals surface area contributed by atoms with E-state index in [-0.39, 0.29) is 56.3 Å². The fraction of sp³-hybridized carbons (Fsp3) is 0.882. The van der Waals surface area contributed by atoms with Gasteiger partial charge in [0.1, 0.15) is 0 Å². The highest BCUT2D eigenvalue weighted by atomic mass is 19.3. The maximum Gasteiger partial charge on any atom is 0.251 e. The zero-order valence-electron chi connectivity index (χ0n) is 14.5. The van der Waals surface area contributed by atoms with E-state index in [0.29, 0.717) is 26.1 Å². The molecule has 3 aliphatic rings. The lowest BCUT2D eigenvalue weighted by Gasteiger charge is -2.33. The number of halogens is 2. The lowest BCUT2D eigenvalue weighted by Crippen LogP contribution is -2.46. The number of carbonyl (C=O) groups excluding carboxylic acids is 2. The molecule has 0 spiro atoms. The molecule has 0 aromatic rings. The Morgan fingerprint density at radius 2 is 1.92 bits per heavy atom.